The summed E-state index contributed by atoms with van der Waals surface area (Å²) in [7, 11) is 1.64. The van der Waals surface area contributed by atoms with Crippen LogP contribution < -0.4 is 9.47 Å². The van der Waals surface area contributed by atoms with Crippen molar-refractivity contribution in [3.05, 3.63) is 35.9 Å². The van der Waals surface area contributed by atoms with Gasteiger partial charge in [-0.05, 0) is 49.6 Å². The minimum absolute atomic E-state index is 0.198. The Labute approximate surface area is 127 Å². The second-order valence-electron chi connectivity index (χ2n) is 5.76. The number of hydrogen-bond acceptors (Lipinski definition) is 4. The van der Waals surface area contributed by atoms with Crippen molar-refractivity contribution in [1.29, 1.82) is 0 Å². The molecule has 4 nitrogen and oxygen atoms in total. The highest BCUT2D eigenvalue weighted by molar-refractivity contribution is 5.43. The van der Waals surface area contributed by atoms with E-state index in [2.05, 4.69) is 11.5 Å². The minimum Gasteiger partial charge on any atom is -0.493 e. The molecule has 1 atom stereocenters. The van der Waals surface area contributed by atoms with Crippen molar-refractivity contribution < 1.29 is 14.6 Å². The summed E-state index contributed by atoms with van der Waals surface area (Å²) in [6, 6.07) is 6.00. The maximum absolute atomic E-state index is 9.74. The van der Waals surface area contributed by atoms with Gasteiger partial charge in [0.2, 0.25) is 0 Å². The first-order chi connectivity index (χ1) is 10.1. The van der Waals surface area contributed by atoms with Gasteiger partial charge in [-0.3, -0.25) is 4.90 Å². The van der Waals surface area contributed by atoms with Gasteiger partial charge in [0, 0.05) is 13.1 Å². The fraction of sp³-hybridized carbons (Fsp3) is 0.529. The molecule has 0 radical (unpaired) electrons. The first-order valence-electron chi connectivity index (χ1n) is 7.43. The van der Waals surface area contributed by atoms with E-state index in [1.807, 2.05) is 25.1 Å². The van der Waals surface area contributed by atoms with E-state index in [-0.39, 0.29) is 6.10 Å². The van der Waals surface area contributed by atoms with E-state index >= 15 is 0 Å². The second-order valence-corrected chi connectivity index (χ2v) is 5.76. The maximum atomic E-state index is 9.74. The normalized spacial score (nSPS) is 19.3. The number of likely N-dealkylation sites (tertiary alicyclic amines) is 1. The lowest BCUT2D eigenvalue weighted by Gasteiger charge is -2.30. The highest BCUT2D eigenvalue weighted by Crippen LogP contribution is 2.29. The van der Waals surface area contributed by atoms with Crippen molar-refractivity contribution in [3.63, 3.8) is 0 Å². The number of nitrogens with zero attached hydrogens (tertiary/aromatic N) is 1. The Bertz CT molecular complexity index is 487. The van der Waals surface area contributed by atoms with Gasteiger partial charge in [-0.2, -0.15) is 0 Å². The summed E-state index contributed by atoms with van der Waals surface area (Å²) in [5.41, 5.74) is 2.14. The van der Waals surface area contributed by atoms with E-state index in [4.69, 9.17) is 9.47 Å². The van der Waals surface area contributed by atoms with Crippen LogP contribution in [0.4, 0.5) is 0 Å². The Kier molecular flexibility index (Phi) is 5.65. The molecule has 116 valence electrons. The quantitative estimate of drug-likeness (QED) is 0.818. The molecule has 0 bridgehead atoms. The summed E-state index contributed by atoms with van der Waals surface area (Å²) in [6.07, 6.45) is 1.76. The molecule has 0 saturated carbocycles. The SMILES string of the molecule is C=C(C)COc1cc(CN2CCCC(O)C2)ccc1OC. The summed E-state index contributed by atoms with van der Waals surface area (Å²) in [5, 5.41) is 9.74. The molecule has 1 aliphatic heterocycles. The minimum atomic E-state index is -0.198. The summed E-state index contributed by atoms with van der Waals surface area (Å²) in [6.45, 7) is 8.87. The molecule has 0 amide bonds. The zero-order valence-electron chi connectivity index (χ0n) is 13.0. The van der Waals surface area contributed by atoms with Crippen LogP contribution in [0, 0.1) is 0 Å². The molecule has 1 aromatic carbocycles. The number of aliphatic hydroxyl groups is 1. The van der Waals surface area contributed by atoms with E-state index in [0.717, 1.165) is 49.5 Å². The molecule has 1 N–H and O–H groups in total. The third kappa shape index (κ3) is 4.76. The number of benzene rings is 1. The van der Waals surface area contributed by atoms with Crippen molar-refractivity contribution in [2.24, 2.45) is 0 Å². The van der Waals surface area contributed by atoms with Crippen LogP contribution in [0.25, 0.3) is 0 Å². The Balaban J connectivity index is 2.05. The maximum Gasteiger partial charge on any atom is 0.161 e. The zero-order valence-corrected chi connectivity index (χ0v) is 13.0. The molecular weight excluding hydrogens is 266 g/mol. The number of rotatable bonds is 6. The van der Waals surface area contributed by atoms with E-state index in [9.17, 15) is 5.11 Å². The lowest BCUT2D eigenvalue weighted by Crippen LogP contribution is -2.37. The van der Waals surface area contributed by atoms with Gasteiger partial charge in [0.1, 0.15) is 6.61 Å². The highest BCUT2D eigenvalue weighted by atomic mass is 16.5. The molecule has 1 unspecified atom stereocenters. The monoisotopic (exact) mass is 291 g/mol. The van der Waals surface area contributed by atoms with Crippen LogP contribution in [0.3, 0.4) is 0 Å². The van der Waals surface area contributed by atoms with Gasteiger partial charge in [0.25, 0.3) is 0 Å². The third-order valence-electron chi connectivity index (χ3n) is 3.59. The van der Waals surface area contributed by atoms with Crippen LogP contribution >= 0.6 is 0 Å². The summed E-state index contributed by atoms with van der Waals surface area (Å²) in [5.74, 6) is 1.48. The molecule has 4 heteroatoms. The van der Waals surface area contributed by atoms with E-state index in [1.165, 1.54) is 5.56 Å². The van der Waals surface area contributed by atoms with Crippen LogP contribution in [0.2, 0.25) is 0 Å². The molecule has 21 heavy (non-hydrogen) atoms. The summed E-state index contributed by atoms with van der Waals surface area (Å²) in [4.78, 5) is 2.28. The van der Waals surface area contributed by atoms with Crippen molar-refractivity contribution in [1.82, 2.24) is 4.90 Å². The smallest absolute Gasteiger partial charge is 0.161 e. The standard InChI is InChI=1S/C17H25NO3/c1-13(2)12-21-17-9-14(6-7-16(17)20-3)10-18-8-4-5-15(19)11-18/h6-7,9,15,19H,1,4-5,8,10-12H2,2-3H3. The van der Waals surface area contributed by atoms with E-state index < -0.39 is 0 Å². The fourth-order valence-electron chi connectivity index (χ4n) is 2.57. The first-order valence-corrected chi connectivity index (χ1v) is 7.43. The Morgan fingerprint density at radius 2 is 2.24 bits per heavy atom. The van der Waals surface area contributed by atoms with Gasteiger partial charge in [0.15, 0.2) is 11.5 Å². The molecule has 0 aliphatic carbocycles. The predicted octanol–water partition coefficient (Wildman–Crippen LogP) is 2.61. The summed E-state index contributed by atoms with van der Waals surface area (Å²) >= 11 is 0. The van der Waals surface area contributed by atoms with Gasteiger partial charge in [0.05, 0.1) is 13.2 Å². The van der Waals surface area contributed by atoms with Crippen LogP contribution in [0.1, 0.15) is 25.3 Å². The van der Waals surface area contributed by atoms with Gasteiger partial charge >= 0.3 is 0 Å². The van der Waals surface area contributed by atoms with Crippen LogP contribution in [0.5, 0.6) is 11.5 Å². The van der Waals surface area contributed by atoms with Crippen molar-refractivity contribution in [2.45, 2.75) is 32.4 Å². The van der Waals surface area contributed by atoms with Gasteiger partial charge in [-0.1, -0.05) is 12.6 Å². The molecule has 1 aromatic rings. The molecule has 1 aliphatic rings. The Hall–Kier alpha value is -1.52. The predicted molar refractivity (Wildman–Crippen MR) is 83.8 cm³/mol. The Morgan fingerprint density at radius 1 is 1.43 bits per heavy atom. The highest BCUT2D eigenvalue weighted by Gasteiger charge is 2.18. The number of hydrogen-bond donors (Lipinski definition) is 1. The largest absolute Gasteiger partial charge is 0.493 e. The third-order valence-corrected chi connectivity index (χ3v) is 3.59. The topological polar surface area (TPSA) is 41.9 Å². The number of aliphatic hydroxyl groups excluding tert-OH is 1. The molecule has 1 saturated heterocycles. The molecule has 0 aromatic heterocycles. The van der Waals surface area contributed by atoms with Gasteiger partial charge < -0.3 is 14.6 Å². The zero-order chi connectivity index (χ0) is 15.2. The lowest BCUT2D eigenvalue weighted by atomic mass is 10.1. The number of methoxy groups -OCH3 is 1. The Morgan fingerprint density at radius 3 is 2.90 bits per heavy atom. The molecule has 0 spiro atoms. The lowest BCUT2D eigenvalue weighted by molar-refractivity contribution is 0.0668. The second kappa shape index (κ2) is 7.48. The average molecular weight is 291 g/mol. The van der Waals surface area contributed by atoms with Crippen molar-refractivity contribution in [3.8, 4) is 11.5 Å². The van der Waals surface area contributed by atoms with E-state index in [1.54, 1.807) is 7.11 Å². The molecule has 2 rings (SSSR count). The van der Waals surface area contributed by atoms with E-state index in [0.29, 0.717) is 6.61 Å². The molecule has 1 heterocycles. The van der Waals surface area contributed by atoms with Crippen molar-refractivity contribution in [2.75, 3.05) is 26.8 Å². The number of piperidine rings is 1. The van der Waals surface area contributed by atoms with Gasteiger partial charge in [-0.25, -0.2) is 0 Å². The van der Waals surface area contributed by atoms with Crippen LogP contribution in [0.15, 0.2) is 30.4 Å². The van der Waals surface area contributed by atoms with Gasteiger partial charge in [-0.15, -0.1) is 0 Å². The van der Waals surface area contributed by atoms with Crippen molar-refractivity contribution >= 4 is 0 Å². The summed E-state index contributed by atoms with van der Waals surface area (Å²) < 4.78 is 11.1. The first kappa shape index (κ1) is 15.9. The number of ether oxygens (including phenoxy) is 2. The van der Waals surface area contributed by atoms with Crippen LogP contribution in [-0.2, 0) is 6.54 Å². The number of β-amino-alcohol motifs (C(OH)–C–C–N with tert-alkyl or cyclic N) is 1. The van der Waals surface area contributed by atoms with Crippen LogP contribution in [-0.4, -0.2) is 42.9 Å². The average Bonchev–Trinajstić information content (AvgIpc) is 2.45. The molecular formula is C17H25NO3. The molecule has 1 fully saturated rings. The fourth-order valence-corrected chi connectivity index (χ4v) is 2.57.